The van der Waals surface area contributed by atoms with E-state index in [1.165, 1.54) is 5.56 Å². The molecule has 2 aromatic rings. The molecule has 3 rings (SSSR count). The number of hydrogen-bond acceptors (Lipinski definition) is 4. The molecule has 0 radical (unpaired) electrons. The van der Waals surface area contributed by atoms with Gasteiger partial charge in [-0.3, -0.25) is 4.79 Å². The molecule has 164 valence electrons. The maximum Gasteiger partial charge on any atom is 0.248 e. The standard InChI is InChI=1S/C24H33N3O2.ClH/c1-26(2)17-22-18-27(14-7-10-19-8-4-3-5-9-19)15-13-24(22,29)21-12-6-11-20(16-21)23(25)28;/h3-6,8-9,11-12,16,22,29H,7,10,13-15,17-18H2,1-2H3,(H2,25,28);1H. The highest BCUT2D eigenvalue weighted by atomic mass is 35.5. The van der Waals surface area contributed by atoms with E-state index in [2.05, 4.69) is 34.1 Å². The predicted octanol–water partition coefficient (Wildman–Crippen LogP) is 2.91. The zero-order chi connectivity index (χ0) is 20.9. The molecule has 1 saturated heterocycles. The lowest BCUT2D eigenvalue weighted by molar-refractivity contribution is -0.0846. The number of piperidine rings is 1. The molecule has 5 nitrogen and oxygen atoms in total. The molecule has 1 heterocycles. The van der Waals surface area contributed by atoms with Gasteiger partial charge in [-0.25, -0.2) is 0 Å². The number of hydrogen-bond donors (Lipinski definition) is 2. The smallest absolute Gasteiger partial charge is 0.248 e. The summed E-state index contributed by atoms with van der Waals surface area (Å²) in [7, 11) is 4.07. The highest BCUT2D eigenvalue weighted by molar-refractivity contribution is 5.92. The van der Waals surface area contributed by atoms with Crippen molar-refractivity contribution in [2.24, 2.45) is 11.7 Å². The Hall–Kier alpha value is -1.92. The molecule has 0 spiro atoms. The van der Waals surface area contributed by atoms with Crippen molar-refractivity contribution < 1.29 is 9.90 Å². The summed E-state index contributed by atoms with van der Waals surface area (Å²) in [5, 5.41) is 11.7. The third-order valence-corrected chi connectivity index (χ3v) is 5.98. The van der Waals surface area contributed by atoms with E-state index in [-0.39, 0.29) is 18.3 Å². The molecule has 1 fully saturated rings. The molecule has 0 aliphatic carbocycles. The summed E-state index contributed by atoms with van der Waals surface area (Å²) in [6.07, 6.45) is 2.83. The number of primary amides is 1. The van der Waals surface area contributed by atoms with Gasteiger partial charge < -0.3 is 20.6 Å². The van der Waals surface area contributed by atoms with E-state index in [4.69, 9.17) is 5.73 Å². The normalized spacial score (nSPS) is 21.9. The monoisotopic (exact) mass is 431 g/mol. The van der Waals surface area contributed by atoms with Crippen molar-refractivity contribution in [3.8, 4) is 0 Å². The van der Waals surface area contributed by atoms with Crippen molar-refractivity contribution in [3.63, 3.8) is 0 Å². The van der Waals surface area contributed by atoms with Crippen LogP contribution in [0.1, 0.15) is 34.3 Å². The zero-order valence-corrected chi connectivity index (χ0v) is 18.8. The highest BCUT2D eigenvalue weighted by Gasteiger charge is 2.43. The zero-order valence-electron chi connectivity index (χ0n) is 18.0. The maximum absolute atomic E-state index is 11.7. The molecule has 6 heteroatoms. The molecule has 0 saturated carbocycles. The van der Waals surface area contributed by atoms with Crippen LogP contribution in [0.15, 0.2) is 54.6 Å². The minimum atomic E-state index is -0.953. The minimum absolute atomic E-state index is 0. The Morgan fingerprint density at radius 1 is 1.20 bits per heavy atom. The van der Waals surface area contributed by atoms with Gasteiger partial charge in [-0.15, -0.1) is 12.4 Å². The number of aliphatic hydroxyl groups is 1. The number of rotatable bonds is 8. The molecule has 1 amide bonds. The Labute approximate surface area is 186 Å². The Morgan fingerprint density at radius 3 is 2.60 bits per heavy atom. The van der Waals surface area contributed by atoms with Crippen molar-refractivity contribution in [1.82, 2.24) is 9.80 Å². The first-order chi connectivity index (χ1) is 13.9. The molecule has 1 aliphatic heterocycles. The Bertz CT molecular complexity index is 815. The molecule has 2 atom stereocenters. The minimum Gasteiger partial charge on any atom is -0.385 e. The van der Waals surface area contributed by atoms with Gasteiger partial charge in [-0.1, -0.05) is 42.5 Å². The molecule has 3 N–H and O–H groups in total. The van der Waals surface area contributed by atoms with Gasteiger partial charge in [0, 0.05) is 31.1 Å². The second-order valence-electron chi connectivity index (χ2n) is 8.47. The second kappa shape index (κ2) is 10.9. The van der Waals surface area contributed by atoms with Crippen LogP contribution in [0.4, 0.5) is 0 Å². The number of halogens is 1. The number of likely N-dealkylation sites (tertiary alicyclic amines) is 1. The lowest BCUT2D eigenvalue weighted by Crippen LogP contribution is -2.53. The van der Waals surface area contributed by atoms with Crippen molar-refractivity contribution in [3.05, 3.63) is 71.3 Å². The van der Waals surface area contributed by atoms with E-state index in [9.17, 15) is 9.90 Å². The van der Waals surface area contributed by atoms with E-state index in [1.807, 2.05) is 32.3 Å². The fourth-order valence-electron chi connectivity index (χ4n) is 4.41. The van der Waals surface area contributed by atoms with Gasteiger partial charge >= 0.3 is 0 Å². The van der Waals surface area contributed by atoms with Crippen LogP contribution in [0.25, 0.3) is 0 Å². The fraction of sp³-hybridized carbons (Fsp3) is 0.458. The largest absolute Gasteiger partial charge is 0.385 e. The van der Waals surface area contributed by atoms with Crippen LogP contribution in [-0.2, 0) is 12.0 Å². The van der Waals surface area contributed by atoms with Gasteiger partial charge in [-0.2, -0.15) is 0 Å². The van der Waals surface area contributed by atoms with E-state index in [1.54, 1.807) is 12.1 Å². The predicted molar refractivity (Wildman–Crippen MR) is 124 cm³/mol. The summed E-state index contributed by atoms with van der Waals surface area (Å²) in [6.45, 7) is 3.49. The van der Waals surface area contributed by atoms with Crippen molar-refractivity contribution in [1.29, 1.82) is 0 Å². The maximum atomic E-state index is 11.7. The number of amides is 1. The third kappa shape index (κ3) is 6.05. The van der Waals surface area contributed by atoms with Crippen LogP contribution < -0.4 is 5.73 Å². The number of benzene rings is 2. The summed E-state index contributed by atoms with van der Waals surface area (Å²) in [6, 6.07) is 17.8. The molecule has 1 aliphatic rings. The van der Waals surface area contributed by atoms with Gasteiger partial charge in [0.2, 0.25) is 5.91 Å². The Kier molecular flexibility index (Phi) is 8.86. The molecule has 2 aromatic carbocycles. The fourth-order valence-corrected chi connectivity index (χ4v) is 4.41. The number of nitrogens with zero attached hydrogens (tertiary/aromatic N) is 2. The topological polar surface area (TPSA) is 69.8 Å². The van der Waals surface area contributed by atoms with E-state index < -0.39 is 11.5 Å². The number of aryl methyl sites for hydroxylation is 1. The lowest BCUT2D eigenvalue weighted by atomic mass is 9.75. The van der Waals surface area contributed by atoms with Gasteiger partial charge in [0.1, 0.15) is 0 Å². The molecule has 0 bridgehead atoms. The second-order valence-corrected chi connectivity index (χ2v) is 8.47. The number of carbonyl (C=O) groups excluding carboxylic acids is 1. The van der Waals surface area contributed by atoms with E-state index in [0.717, 1.165) is 44.6 Å². The highest BCUT2D eigenvalue weighted by Crippen LogP contribution is 2.38. The summed E-state index contributed by atoms with van der Waals surface area (Å²) >= 11 is 0. The summed E-state index contributed by atoms with van der Waals surface area (Å²) in [5.41, 5.74) is 7.12. The van der Waals surface area contributed by atoms with Gasteiger partial charge in [-0.05, 0) is 63.2 Å². The third-order valence-electron chi connectivity index (χ3n) is 5.98. The summed E-state index contributed by atoms with van der Waals surface area (Å²) < 4.78 is 0. The van der Waals surface area contributed by atoms with Gasteiger partial charge in [0.15, 0.2) is 0 Å². The molecule has 30 heavy (non-hydrogen) atoms. The first kappa shape index (κ1) is 24.4. The van der Waals surface area contributed by atoms with E-state index in [0.29, 0.717) is 12.0 Å². The van der Waals surface area contributed by atoms with Crippen LogP contribution >= 0.6 is 12.4 Å². The Balaban J connectivity index is 0.00000320. The van der Waals surface area contributed by atoms with Gasteiger partial charge in [0.25, 0.3) is 0 Å². The average Bonchev–Trinajstić information content (AvgIpc) is 2.71. The summed E-state index contributed by atoms with van der Waals surface area (Å²) in [5.74, 6) is -0.399. The van der Waals surface area contributed by atoms with E-state index >= 15 is 0 Å². The summed E-state index contributed by atoms with van der Waals surface area (Å²) in [4.78, 5) is 16.2. The lowest BCUT2D eigenvalue weighted by Gasteiger charge is -2.46. The number of carbonyl (C=O) groups is 1. The first-order valence-corrected chi connectivity index (χ1v) is 10.4. The van der Waals surface area contributed by atoms with Crippen LogP contribution in [0.5, 0.6) is 0 Å². The first-order valence-electron chi connectivity index (χ1n) is 10.4. The van der Waals surface area contributed by atoms with Gasteiger partial charge in [0.05, 0.1) is 5.60 Å². The number of nitrogens with two attached hydrogens (primary N) is 1. The van der Waals surface area contributed by atoms with Crippen molar-refractivity contribution in [2.75, 3.05) is 40.3 Å². The SMILES string of the molecule is CN(C)CC1CN(CCCc2ccccc2)CCC1(O)c1cccc(C(N)=O)c1.Cl. The van der Waals surface area contributed by atoms with Crippen LogP contribution in [0.3, 0.4) is 0 Å². The molecule has 2 unspecified atom stereocenters. The Morgan fingerprint density at radius 2 is 1.93 bits per heavy atom. The molecular weight excluding hydrogens is 398 g/mol. The quantitative estimate of drug-likeness (QED) is 0.674. The average molecular weight is 432 g/mol. The van der Waals surface area contributed by atoms with Crippen LogP contribution in [-0.4, -0.2) is 61.1 Å². The van der Waals surface area contributed by atoms with Crippen LogP contribution in [0, 0.1) is 5.92 Å². The van der Waals surface area contributed by atoms with Crippen molar-refractivity contribution >= 4 is 18.3 Å². The van der Waals surface area contributed by atoms with Crippen molar-refractivity contribution in [2.45, 2.75) is 24.9 Å². The molecular formula is C24H34ClN3O2. The molecule has 0 aromatic heterocycles. The van der Waals surface area contributed by atoms with Crippen LogP contribution in [0.2, 0.25) is 0 Å².